The fourth-order valence-corrected chi connectivity index (χ4v) is 3.61. The van der Waals surface area contributed by atoms with Crippen molar-refractivity contribution in [3.63, 3.8) is 0 Å². The van der Waals surface area contributed by atoms with Gasteiger partial charge in [0, 0.05) is 11.6 Å². The zero-order chi connectivity index (χ0) is 24.1. The molecule has 0 heterocycles. The fourth-order valence-electron chi connectivity index (χ4n) is 3.19. The normalized spacial score (nSPS) is 13.5. The number of aliphatic hydroxyl groups excluding tert-OH is 1. The Kier molecular flexibility index (Phi) is 8.02. The number of rotatable bonds is 10. The summed E-state index contributed by atoms with van der Waals surface area (Å²) in [7, 11) is -4.68. The Morgan fingerprint density at radius 2 is 1.64 bits per heavy atom. The van der Waals surface area contributed by atoms with E-state index in [0.29, 0.717) is 29.0 Å². The summed E-state index contributed by atoms with van der Waals surface area (Å²) in [6.45, 7) is 1.00. The monoisotopic (exact) mass is 475 g/mol. The molecule has 0 fully saturated rings. The maximum absolute atomic E-state index is 14.7. The van der Waals surface area contributed by atoms with Crippen LogP contribution in [0.3, 0.4) is 0 Å². The average molecular weight is 475 g/mol. The van der Waals surface area contributed by atoms with Crippen LogP contribution in [0.15, 0.2) is 66.7 Å². The van der Waals surface area contributed by atoms with Crippen molar-refractivity contribution in [2.45, 2.75) is 25.3 Å². The van der Waals surface area contributed by atoms with E-state index in [1.54, 1.807) is 24.3 Å². The standard InChI is InChI=1S/C24H27FNO6P/c1-17-2-8-20(9-3-17)32-21-10-11-22(23(25)14-21)19-6-4-18(5-7-19)12-13-24(26,15-27)16-31-33(28,29)30/h2-11,14,27H,12-13,15-16,26H2,1H3,(H2,28,29,30). The van der Waals surface area contributed by atoms with Gasteiger partial charge in [0.05, 0.1) is 18.8 Å². The fraction of sp³-hybridized carbons (Fsp3) is 0.250. The van der Waals surface area contributed by atoms with Crippen LogP contribution in [0, 0.1) is 12.7 Å². The summed E-state index contributed by atoms with van der Waals surface area (Å²) in [6.07, 6.45) is 0.677. The van der Waals surface area contributed by atoms with E-state index in [-0.39, 0.29) is 6.42 Å². The van der Waals surface area contributed by atoms with Crippen molar-refractivity contribution in [1.82, 2.24) is 0 Å². The zero-order valence-corrected chi connectivity index (χ0v) is 19.0. The third kappa shape index (κ3) is 7.47. The minimum Gasteiger partial charge on any atom is -0.457 e. The van der Waals surface area contributed by atoms with Crippen LogP contribution in [-0.2, 0) is 15.5 Å². The molecule has 9 heteroatoms. The number of phosphoric ester groups is 1. The minimum atomic E-state index is -4.68. The summed E-state index contributed by atoms with van der Waals surface area (Å²) in [5.74, 6) is 0.614. The van der Waals surface area contributed by atoms with E-state index in [4.69, 9.17) is 20.3 Å². The maximum atomic E-state index is 14.7. The van der Waals surface area contributed by atoms with Crippen molar-refractivity contribution < 1.29 is 33.1 Å². The summed E-state index contributed by atoms with van der Waals surface area (Å²) in [5.41, 5.74) is 7.79. The van der Waals surface area contributed by atoms with Gasteiger partial charge in [0.2, 0.25) is 0 Å². The number of benzene rings is 3. The van der Waals surface area contributed by atoms with Crippen LogP contribution >= 0.6 is 7.82 Å². The second kappa shape index (κ2) is 10.6. The number of nitrogens with two attached hydrogens (primary N) is 1. The molecule has 5 N–H and O–H groups in total. The van der Waals surface area contributed by atoms with Crippen LogP contribution < -0.4 is 10.5 Å². The lowest BCUT2D eigenvalue weighted by atomic mass is 9.93. The highest BCUT2D eigenvalue weighted by Gasteiger charge is 2.28. The summed E-state index contributed by atoms with van der Waals surface area (Å²) >= 11 is 0. The van der Waals surface area contributed by atoms with Crippen molar-refractivity contribution in [3.8, 4) is 22.6 Å². The van der Waals surface area contributed by atoms with E-state index in [1.807, 2.05) is 43.3 Å². The number of aliphatic hydroxyl groups is 1. The number of halogens is 1. The number of phosphoric acid groups is 1. The first kappa shape index (κ1) is 25.1. The van der Waals surface area contributed by atoms with E-state index in [9.17, 15) is 14.1 Å². The second-order valence-corrected chi connectivity index (χ2v) is 9.28. The van der Waals surface area contributed by atoms with Gasteiger partial charge < -0.3 is 25.4 Å². The summed E-state index contributed by atoms with van der Waals surface area (Å²) in [6, 6.07) is 19.4. The Bertz CT molecular complexity index is 1120. The van der Waals surface area contributed by atoms with Gasteiger partial charge in [0.25, 0.3) is 0 Å². The van der Waals surface area contributed by atoms with E-state index in [2.05, 4.69) is 4.52 Å². The van der Waals surface area contributed by atoms with E-state index in [1.165, 1.54) is 6.07 Å². The molecule has 3 rings (SSSR count). The van der Waals surface area contributed by atoms with Gasteiger partial charge in [-0.3, -0.25) is 4.52 Å². The number of hydrogen-bond donors (Lipinski definition) is 4. The highest BCUT2D eigenvalue weighted by atomic mass is 31.2. The minimum absolute atomic E-state index is 0.238. The quantitative estimate of drug-likeness (QED) is 0.322. The smallest absolute Gasteiger partial charge is 0.457 e. The molecule has 176 valence electrons. The van der Waals surface area contributed by atoms with Gasteiger partial charge in [-0.2, -0.15) is 0 Å². The Hall–Kier alpha value is -2.58. The van der Waals surface area contributed by atoms with Gasteiger partial charge in [-0.25, -0.2) is 8.96 Å². The van der Waals surface area contributed by atoms with Crippen LogP contribution in [0.25, 0.3) is 11.1 Å². The van der Waals surface area contributed by atoms with Gasteiger partial charge in [0.1, 0.15) is 17.3 Å². The molecule has 0 aliphatic heterocycles. The molecule has 0 spiro atoms. The molecule has 0 saturated heterocycles. The SMILES string of the molecule is Cc1ccc(Oc2ccc(-c3ccc(CCC(N)(CO)COP(=O)(O)O)cc3)c(F)c2)cc1. The molecular weight excluding hydrogens is 448 g/mol. The molecule has 1 atom stereocenters. The molecule has 3 aromatic rings. The Morgan fingerprint density at radius 3 is 2.21 bits per heavy atom. The molecule has 33 heavy (non-hydrogen) atoms. The van der Waals surface area contributed by atoms with Gasteiger partial charge in [0.15, 0.2) is 0 Å². The lowest BCUT2D eigenvalue weighted by Crippen LogP contribution is -2.48. The highest BCUT2D eigenvalue weighted by molar-refractivity contribution is 7.46. The zero-order valence-electron chi connectivity index (χ0n) is 18.1. The molecule has 0 radical (unpaired) electrons. The van der Waals surface area contributed by atoms with Crippen molar-refractivity contribution in [3.05, 3.63) is 83.7 Å². The molecule has 0 bridgehead atoms. The van der Waals surface area contributed by atoms with Crippen LogP contribution in [-0.4, -0.2) is 33.6 Å². The average Bonchev–Trinajstić information content (AvgIpc) is 2.78. The number of ether oxygens (including phenoxy) is 1. The molecule has 0 aliphatic carbocycles. The summed E-state index contributed by atoms with van der Waals surface area (Å²) < 4.78 is 35.8. The Balaban J connectivity index is 1.64. The first-order valence-electron chi connectivity index (χ1n) is 10.3. The molecule has 0 aliphatic rings. The summed E-state index contributed by atoms with van der Waals surface area (Å²) in [5, 5.41) is 9.50. The predicted octanol–water partition coefficient (Wildman–Crippen LogP) is 4.33. The Labute approximate surface area is 191 Å². The van der Waals surface area contributed by atoms with Gasteiger partial charge in [-0.1, -0.05) is 42.0 Å². The number of hydrogen-bond acceptors (Lipinski definition) is 5. The topological polar surface area (TPSA) is 122 Å². The predicted molar refractivity (Wildman–Crippen MR) is 123 cm³/mol. The molecule has 0 aromatic heterocycles. The maximum Gasteiger partial charge on any atom is 0.469 e. The van der Waals surface area contributed by atoms with Gasteiger partial charge >= 0.3 is 7.82 Å². The Morgan fingerprint density at radius 1 is 1.00 bits per heavy atom. The summed E-state index contributed by atoms with van der Waals surface area (Å²) in [4.78, 5) is 17.7. The molecule has 0 saturated carbocycles. The lowest BCUT2D eigenvalue weighted by Gasteiger charge is -2.27. The largest absolute Gasteiger partial charge is 0.469 e. The second-order valence-electron chi connectivity index (χ2n) is 8.04. The molecule has 3 aromatic carbocycles. The molecular formula is C24H27FNO6P. The van der Waals surface area contributed by atoms with Crippen molar-refractivity contribution >= 4 is 7.82 Å². The molecule has 0 amide bonds. The van der Waals surface area contributed by atoms with Crippen molar-refractivity contribution in [2.75, 3.05) is 13.2 Å². The molecule has 7 nitrogen and oxygen atoms in total. The first-order chi connectivity index (χ1) is 15.6. The first-order valence-corrected chi connectivity index (χ1v) is 11.8. The van der Waals surface area contributed by atoms with E-state index >= 15 is 0 Å². The number of aryl methyl sites for hydroxylation is 2. The van der Waals surface area contributed by atoms with Crippen molar-refractivity contribution in [1.29, 1.82) is 0 Å². The van der Waals surface area contributed by atoms with Gasteiger partial charge in [-0.15, -0.1) is 0 Å². The van der Waals surface area contributed by atoms with Gasteiger partial charge in [-0.05, 0) is 55.2 Å². The third-order valence-electron chi connectivity index (χ3n) is 5.21. The highest BCUT2D eigenvalue weighted by Crippen LogP contribution is 2.37. The lowest BCUT2D eigenvalue weighted by molar-refractivity contribution is 0.102. The molecule has 1 unspecified atom stereocenters. The van der Waals surface area contributed by atoms with E-state index in [0.717, 1.165) is 11.1 Å². The van der Waals surface area contributed by atoms with E-state index < -0.39 is 32.4 Å². The third-order valence-corrected chi connectivity index (χ3v) is 5.67. The van der Waals surface area contributed by atoms with Crippen LogP contribution in [0.4, 0.5) is 4.39 Å². The van der Waals surface area contributed by atoms with Crippen LogP contribution in [0.1, 0.15) is 17.5 Å². The van der Waals surface area contributed by atoms with Crippen molar-refractivity contribution in [2.24, 2.45) is 5.73 Å². The van der Waals surface area contributed by atoms with Crippen LogP contribution in [0.5, 0.6) is 11.5 Å². The van der Waals surface area contributed by atoms with Crippen LogP contribution in [0.2, 0.25) is 0 Å².